The zero-order valence-electron chi connectivity index (χ0n) is 10.6. The summed E-state index contributed by atoms with van der Waals surface area (Å²) < 4.78 is 10.3. The summed E-state index contributed by atoms with van der Waals surface area (Å²) in [6.45, 7) is 5.98. The van der Waals surface area contributed by atoms with E-state index in [1.54, 1.807) is 7.05 Å². The van der Waals surface area contributed by atoms with Gasteiger partial charge in [0.05, 0.1) is 19.3 Å². The highest BCUT2D eigenvalue weighted by Gasteiger charge is 2.34. The summed E-state index contributed by atoms with van der Waals surface area (Å²) in [6.07, 6.45) is 2.23. The second-order valence-electron chi connectivity index (χ2n) is 3.96. The van der Waals surface area contributed by atoms with Gasteiger partial charge < -0.3 is 19.6 Å². The molecule has 1 rings (SSSR count). The molecule has 6 nitrogen and oxygen atoms in total. The molecule has 0 aliphatic carbocycles. The number of carbonyl (C=O) groups is 2. The van der Waals surface area contributed by atoms with Crippen LogP contribution in [0, 0.1) is 0 Å². The Morgan fingerprint density at radius 3 is 2.72 bits per heavy atom. The number of carbonyl (C=O) groups excluding carboxylic acids is 2. The SMILES string of the molecule is C=CCOC(=O)C(C(C=O)NC)N1CCOCC1. The normalized spacial score (nSPS) is 19.8. The molecular formula is C12H20N2O4. The molecule has 1 fully saturated rings. The molecule has 1 N–H and O–H groups in total. The molecule has 1 aliphatic rings. The van der Waals surface area contributed by atoms with Crippen molar-refractivity contribution in [3.63, 3.8) is 0 Å². The van der Waals surface area contributed by atoms with Gasteiger partial charge in [-0.1, -0.05) is 12.7 Å². The smallest absolute Gasteiger partial charge is 0.325 e. The van der Waals surface area contributed by atoms with Crippen LogP contribution in [-0.2, 0) is 19.1 Å². The molecule has 0 bridgehead atoms. The summed E-state index contributed by atoms with van der Waals surface area (Å²) in [5.41, 5.74) is 0. The molecule has 6 heteroatoms. The van der Waals surface area contributed by atoms with Crippen molar-refractivity contribution in [3.8, 4) is 0 Å². The highest BCUT2D eigenvalue weighted by Crippen LogP contribution is 2.09. The van der Waals surface area contributed by atoms with Crippen molar-refractivity contribution >= 4 is 12.3 Å². The summed E-state index contributed by atoms with van der Waals surface area (Å²) in [4.78, 5) is 25.0. The molecule has 102 valence electrons. The Labute approximate surface area is 107 Å². The number of esters is 1. The molecule has 0 aromatic rings. The minimum atomic E-state index is -0.614. The molecular weight excluding hydrogens is 236 g/mol. The molecule has 2 atom stereocenters. The first-order chi connectivity index (χ1) is 8.74. The third kappa shape index (κ3) is 3.90. The standard InChI is InChI=1S/C12H20N2O4/c1-3-6-18-12(16)11(10(9-15)13-2)14-4-7-17-8-5-14/h3,9-11,13H,1,4-8H2,2H3. The third-order valence-electron chi connectivity index (χ3n) is 2.84. The van der Waals surface area contributed by atoms with Gasteiger partial charge >= 0.3 is 5.97 Å². The van der Waals surface area contributed by atoms with Gasteiger partial charge in [0, 0.05) is 13.1 Å². The Morgan fingerprint density at radius 1 is 1.56 bits per heavy atom. The predicted octanol–water partition coefficient (Wildman–Crippen LogP) is -0.797. The minimum Gasteiger partial charge on any atom is -0.460 e. The average Bonchev–Trinajstić information content (AvgIpc) is 2.43. The average molecular weight is 256 g/mol. The third-order valence-corrected chi connectivity index (χ3v) is 2.84. The topological polar surface area (TPSA) is 67.9 Å². The van der Waals surface area contributed by atoms with Gasteiger partial charge in [-0.05, 0) is 7.05 Å². The highest BCUT2D eigenvalue weighted by atomic mass is 16.5. The van der Waals surface area contributed by atoms with Crippen LogP contribution in [0.25, 0.3) is 0 Å². The van der Waals surface area contributed by atoms with Crippen molar-refractivity contribution < 1.29 is 19.1 Å². The maximum atomic E-state index is 12.0. The molecule has 0 radical (unpaired) electrons. The van der Waals surface area contributed by atoms with Gasteiger partial charge in [0.1, 0.15) is 18.9 Å². The number of nitrogens with one attached hydrogen (secondary N) is 1. The molecule has 0 amide bonds. The maximum Gasteiger partial charge on any atom is 0.325 e. The lowest BCUT2D eigenvalue weighted by Gasteiger charge is -2.35. The first kappa shape index (κ1) is 14.8. The van der Waals surface area contributed by atoms with Gasteiger partial charge in [-0.15, -0.1) is 0 Å². The lowest BCUT2D eigenvalue weighted by molar-refractivity contribution is -0.152. The second-order valence-corrected chi connectivity index (χ2v) is 3.96. The summed E-state index contributed by atoms with van der Waals surface area (Å²) in [6, 6.07) is -1.20. The number of hydrogen-bond donors (Lipinski definition) is 1. The van der Waals surface area contributed by atoms with E-state index in [0.29, 0.717) is 26.3 Å². The predicted molar refractivity (Wildman–Crippen MR) is 66.2 cm³/mol. The van der Waals surface area contributed by atoms with Crippen LogP contribution in [0.2, 0.25) is 0 Å². The maximum absolute atomic E-state index is 12.0. The Bertz CT molecular complexity index is 290. The highest BCUT2D eigenvalue weighted by molar-refractivity contribution is 5.82. The first-order valence-corrected chi connectivity index (χ1v) is 5.96. The van der Waals surface area contributed by atoms with Crippen LogP contribution in [-0.4, -0.2) is 69.2 Å². The van der Waals surface area contributed by atoms with Crippen molar-refractivity contribution in [2.45, 2.75) is 12.1 Å². The van der Waals surface area contributed by atoms with E-state index in [0.717, 1.165) is 6.29 Å². The number of ether oxygens (including phenoxy) is 2. The van der Waals surface area contributed by atoms with Crippen LogP contribution in [0.4, 0.5) is 0 Å². The molecule has 1 aliphatic heterocycles. The molecule has 18 heavy (non-hydrogen) atoms. The molecule has 0 saturated carbocycles. The molecule has 0 spiro atoms. The van der Waals surface area contributed by atoms with Gasteiger partial charge in [-0.25, -0.2) is 0 Å². The quantitative estimate of drug-likeness (QED) is 0.365. The first-order valence-electron chi connectivity index (χ1n) is 5.96. The fourth-order valence-electron chi connectivity index (χ4n) is 1.91. The van der Waals surface area contributed by atoms with Crippen LogP contribution in [0.5, 0.6) is 0 Å². The number of hydrogen-bond acceptors (Lipinski definition) is 6. The summed E-state index contributed by atoms with van der Waals surface area (Å²) in [5, 5.41) is 2.83. The van der Waals surface area contributed by atoms with Crippen LogP contribution in [0.1, 0.15) is 0 Å². The van der Waals surface area contributed by atoms with Crippen LogP contribution >= 0.6 is 0 Å². The summed E-state index contributed by atoms with van der Waals surface area (Å²) in [7, 11) is 1.65. The lowest BCUT2D eigenvalue weighted by Crippen LogP contribution is -2.57. The second kappa shape index (κ2) is 7.97. The van der Waals surface area contributed by atoms with Crippen molar-refractivity contribution in [2.24, 2.45) is 0 Å². The summed E-state index contributed by atoms with van der Waals surface area (Å²) >= 11 is 0. The Hall–Kier alpha value is -1.24. The van der Waals surface area contributed by atoms with E-state index in [1.165, 1.54) is 6.08 Å². The zero-order chi connectivity index (χ0) is 13.4. The largest absolute Gasteiger partial charge is 0.460 e. The number of likely N-dealkylation sites (N-methyl/N-ethyl adjacent to an activating group) is 1. The number of rotatable bonds is 7. The summed E-state index contributed by atoms with van der Waals surface area (Å²) in [5.74, 6) is -0.414. The monoisotopic (exact) mass is 256 g/mol. The number of nitrogens with zero attached hydrogens (tertiary/aromatic N) is 1. The molecule has 1 saturated heterocycles. The molecule has 1 heterocycles. The van der Waals surface area contributed by atoms with Crippen molar-refractivity contribution in [2.75, 3.05) is 40.0 Å². The van der Waals surface area contributed by atoms with E-state index < -0.39 is 18.1 Å². The Morgan fingerprint density at radius 2 is 2.22 bits per heavy atom. The van der Waals surface area contributed by atoms with Gasteiger partial charge in [-0.3, -0.25) is 9.69 Å². The van der Waals surface area contributed by atoms with Gasteiger partial charge in [0.15, 0.2) is 0 Å². The van der Waals surface area contributed by atoms with Gasteiger partial charge in [-0.2, -0.15) is 0 Å². The fourth-order valence-corrected chi connectivity index (χ4v) is 1.91. The number of morpholine rings is 1. The Balaban J connectivity index is 2.74. The fraction of sp³-hybridized carbons (Fsp3) is 0.667. The van der Waals surface area contributed by atoms with Gasteiger partial charge in [0.2, 0.25) is 0 Å². The molecule has 0 aromatic carbocycles. The zero-order valence-corrected chi connectivity index (χ0v) is 10.6. The van der Waals surface area contributed by atoms with Crippen LogP contribution in [0.15, 0.2) is 12.7 Å². The lowest BCUT2D eigenvalue weighted by atomic mass is 10.1. The van der Waals surface area contributed by atoms with Gasteiger partial charge in [0.25, 0.3) is 0 Å². The molecule has 2 unspecified atom stereocenters. The van der Waals surface area contributed by atoms with E-state index >= 15 is 0 Å². The van der Waals surface area contributed by atoms with E-state index in [4.69, 9.17) is 9.47 Å². The Kier molecular flexibility index (Phi) is 6.56. The van der Waals surface area contributed by atoms with Crippen molar-refractivity contribution in [3.05, 3.63) is 12.7 Å². The van der Waals surface area contributed by atoms with E-state index in [1.807, 2.05) is 4.90 Å². The van der Waals surface area contributed by atoms with Crippen molar-refractivity contribution in [1.29, 1.82) is 0 Å². The van der Waals surface area contributed by atoms with Crippen LogP contribution < -0.4 is 5.32 Å². The van der Waals surface area contributed by atoms with Crippen molar-refractivity contribution in [1.82, 2.24) is 10.2 Å². The molecule has 0 aromatic heterocycles. The van der Waals surface area contributed by atoms with E-state index in [-0.39, 0.29) is 6.61 Å². The van der Waals surface area contributed by atoms with Crippen LogP contribution in [0.3, 0.4) is 0 Å². The number of aldehydes is 1. The minimum absolute atomic E-state index is 0.148. The van der Waals surface area contributed by atoms with E-state index in [9.17, 15) is 9.59 Å². The van der Waals surface area contributed by atoms with E-state index in [2.05, 4.69) is 11.9 Å².